The van der Waals surface area contributed by atoms with Gasteiger partial charge < -0.3 is 15.8 Å². The highest BCUT2D eigenvalue weighted by molar-refractivity contribution is 7.17. The van der Waals surface area contributed by atoms with E-state index in [1.54, 1.807) is 0 Å². The van der Waals surface area contributed by atoms with Crippen molar-refractivity contribution in [2.75, 3.05) is 12.4 Å². The number of hydrogen-bond acceptors (Lipinski definition) is 5. The minimum absolute atomic E-state index is 0.0957. The largest absolute Gasteiger partial charge is 0.465 e. The number of thiophene rings is 1. The van der Waals surface area contributed by atoms with Crippen LogP contribution in [0.25, 0.3) is 0 Å². The normalized spacial score (nSPS) is 16.2. The zero-order valence-corrected chi connectivity index (χ0v) is 13.5. The van der Waals surface area contributed by atoms with E-state index >= 15 is 0 Å². The van der Waals surface area contributed by atoms with Crippen LogP contribution in [0, 0.1) is 5.92 Å². The summed E-state index contributed by atoms with van der Waals surface area (Å²) in [6.07, 6.45) is 3.70. The second kappa shape index (κ2) is 6.58. The average Bonchev–Trinajstić information content (AvgIpc) is 3.05. The van der Waals surface area contributed by atoms with Gasteiger partial charge in [0.2, 0.25) is 5.91 Å². The number of carbonyl (C=O) groups excluding carboxylic acids is 2. The average molecular weight is 310 g/mol. The number of anilines is 1. The number of fused-ring (bicyclic) bond motifs is 1. The summed E-state index contributed by atoms with van der Waals surface area (Å²) >= 11 is 1.47. The third-order valence-electron chi connectivity index (χ3n) is 4.11. The molecule has 1 aromatic rings. The van der Waals surface area contributed by atoms with E-state index in [2.05, 4.69) is 5.32 Å². The van der Waals surface area contributed by atoms with Crippen LogP contribution in [0.2, 0.25) is 0 Å². The van der Waals surface area contributed by atoms with Gasteiger partial charge >= 0.3 is 5.97 Å². The summed E-state index contributed by atoms with van der Waals surface area (Å²) in [6.45, 7) is 3.94. The molecule has 0 spiro atoms. The van der Waals surface area contributed by atoms with Gasteiger partial charge in [-0.25, -0.2) is 4.79 Å². The van der Waals surface area contributed by atoms with Gasteiger partial charge in [-0.15, -0.1) is 11.3 Å². The highest BCUT2D eigenvalue weighted by atomic mass is 32.1. The molecular weight excluding hydrogens is 288 g/mol. The molecule has 0 saturated heterocycles. The number of nitrogens with two attached hydrogens (primary N) is 1. The number of ether oxygens (including phenoxy) is 1. The Morgan fingerprint density at radius 2 is 2.14 bits per heavy atom. The van der Waals surface area contributed by atoms with E-state index in [9.17, 15) is 9.59 Å². The molecule has 3 N–H and O–H groups in total. The zero-order valence-electron chi connectivity index (χ0n) is 12.7. The van der Waals surface area contributed by atoms with Crippen molar-refractivity contribution >= 4 is 28.2 Å². The topological polar surface area (TPSA) is 81.4 Å². The van der Waals surface area contributed by atoms with Crippen molar-refractivity contribution in [3.63, 3.8) is 0 Å². The number of carbonyl (C=O) groups is 2. The number of esters is 1. The lowest BCUT2D eigenvalue weighted by atomic mass is 9.99. The highest BCUT2D eigenvalue weighted by Crippen LogP contribution is 2.39. The third kappa shape index (κ3) is 3.11. The standard InChI is InChI=1S/C15H22N2O3S/c1-4-8(2)12(16)13(18)17-14-11(15(19)20-3)9-6-5-7-10(9)21-14/h8,12H,4-7,16H2,1-3H3,(H,17,18)/t8-,12-/m0/s1. The molecule has 0 fully saturated rings. The number of aryl methyl sites for hydroxylation is 1. The summed E-state index contributed by atoms with van der Waals surface area (Å²) in [5.41, 5.74) is 7.49. The van der Waals surface area contributed by atoms with Crippen molar-refractivity contribution in [2.24, 2.45) is 11.7 Å². The summed E-state index contributed by atoms with van der Waals surface area (Å²) in [5, 5.41) is 3.40. The van der Waals surface area contributed by atoms with Gasteiger partial charge in [-0.3, -0.25) is 4.79 Å². The van der Waals surface area contributed by atoms with E-state index in [1.807, 2.05) is 13.8 Å². The highest BCUT2D eigenvalue weighted by Gasteiger charge is 2.29. The van der Waals surface area contributed by atoms with Crippen LogP contribution < -0.4 is 11.1 Å². The van der Waals surface area contributed by atoms with Gasteiger partial charge in [-0.05, 0) is 30.7 Å². The molecule has 6 heteroatoms. The molecule has 0 bridgehead atoms. The van der Waals surface area contributed by atoms with Crippen LogP contribution in [0.3, 0.4) is 0 Å². The Hall–Kier alpha value is -1.40. The summed E-state index contributed by atoms with van der Waals surface area (Å²) in [4.78, 5) is 25.4. The van der Waals surface area contributed by atoms with E-state index in [0.29, 0.717) is 10.6 Å². The van der Waals surface area contributed by atoms with Gasteiger partial charge in [0.1, 0.15) is 5.00 Å². The quantitative estimate of drug-likeness (QED) is 0.818. The molecule has 0 aromatic carbocycles. The van der Waals surface area contributed by atoms with Crippen LogP contribution in [0.1, 0.15) is 47.5 Å². The summed E-state index contributed by atoms with van der Waals surface area (Å²) < 4.78 is 4.86. The van der Waals surface area contributed by atoms with Crippen molar-refractivity contribution in [3.8, 4) is 0 Å². The Labute approximate surface area is 128 Å². The first-order chi connectivity index (χ1) is 9.99. The van der Waals surface area contributed by atoms with Crippen LogP contribution in [0.15, 0.2) is 0 Å². The molecule has 0 saturated carbocycles. The van der Waals surface area contributed by atoms with Crippen molar-refractivity contribution in [3.05, 3.63) is 16.0 Å². The van der Waals surface area contributed by atoms with E-state index < -0.39 is 6.04 Å². The predicted octanol–water partition coefficient (Wildman–Crippen LogP) is 2.34. The fraction of sp³-hybridized carbons (Fsp3) is 0.600. The van der Waals surface area contributed by atoms with E-state index in [4.69, 9.17) is 10.5 Å². The van der Waals surface area contributed by atoms with E-state index in [0.717, 1.165) is 31.2 Å². The van der Waals surface area contributed by atoms with Crippen molar-refractivity contribution in [1.29, 1.82) is 0 Å². The zero-order chi connectivity index (χ0) is 15.6. The lowest BCUT2D eigenvalue weighted by Crippen LogP contribution is -2.40. The van der Waals surface area contributed by atoms with Crippen molar-refractivity contribution in [1.82, 2.24) is 0 Å². The Bertz CT molecular complexity index is 553. The molecule has 2 atom stereocenters. The minimum Gasteiger partial charge on any atom is -0.465 e. The number of rotatable bonds is 5. The smallest absolute Gasteiger partial charge is 0.341 e. The molecule has 1 aliphatic rings. The predicted molar refractivity (Wildman–Crippen MR) is 83.7 cm³/mol. The van der Waals surface area contributed by atoms with Gasteiger partial charge in [-0.2, -0.15) is 0 Å². The molecule has 0 unspecified atom stereocenters. The number of nitrogens with one attached hydrogen (secondary N) is 1. The number of methoxy groups -OCH3 is 1. The van der Waals surface area contributed by atoms with Crippen molar-refractivity contribution in [2.45, 2.75) is 45.6 Å². The van der Waals surface area contributed by atoms with Crippen molar-refractivity contribution < 1.29 is 14.3 Å². The Balaban J connectivity index is 2.24. The molecule has 1 heterocycles. The maximum Gasteiger partial charge on any atom is 0.341 e. The molecule has 1 aliphatic carbocycles. The second-order valence-electron chi connectivity index (χ2n) is 5.45. The fourth-order valence-corrected chi connectivity index (χ4v) is 3.80. The molecule has 5 nitrogen and oxygen atoms in total. The lowest BCUT2D eigenvalue weighted by molar-refractivity contribution is -0.118. The monoisotopic (exact) mass is 310 g/mol. The van der Waals surface area contributed by atoms with Gasteiger partial charge in [0.25, 0.3) is 0 Å². The number of hydrogen-bond donors (Lipinski definition) is 2. The summed E-state index contributed by atoms with van der Waals surface area (Å²) in [7, 11) is 1.36. The third-order valence-corrected chi connectivity index (χ3v) is 5.31. The maximum absolute atomic E-state index is 12.2. The van der Waals surface area contributed by atoms with Gasteiger partial charge in [0, 0.05) is 4.88 Å². The minimum atomic E-state index is -0.572. The number of amides is 1. The van der Waals surface area contributed by atoms with Crippen LogP contribution in [0.4, 0.5) is 5.00 Å². The van der Waals surface area contributed by atoms with Gasteiger partial charge in [-0.1, -0.05) is 20.3 Å². The first kappa shape index (κ1) is 16.0. The second-order valence-corrected chi connectivity index (χ2v) is 6.56. The molecule has 116 valence electrons. The first-order valence-electron chi connectivity index (χ1n) is 7.28. The Morgan fingerprint density at radius 1 is 1.43 bits per heavy atom. The fourth-order valence-electron chi connectivity index (χ4n) is 2.52. The molecule has 1 aromatic heterocycles. The van der Waals surface area contributed by atoms with Crippen LogP contribution >= 0.6 is 11.3 Å². The molecular formula is C15H22N2O3S. The van der Waals surface area contributed by atoms with Gasteiger partial charge in [0.05, 0.1) is 18.7 Å². The van der Waals surface area contributed by atoms with Crippen LogP contribution in [-0.4, -0.2) is 25.0 Å². The van der Waals surface area contributed by atoms with Crippen LogP contribution in [0.5, 0.6) is 0 Å². The van der Waals surface area contributed by atoms with E-state index in [-0.39, 0.29) is 17.8 Å². The molecule has 21 heavy (non-hydrogen) atoms. The maximum atomic E-state index is 12.2. The van der Waals surface area contributed by atoms with Gasteiger partial charge in [0.15, 0.2) is 0 Å². The lowest BCUT2D eigenvalue weighted by Gasteiger charge is -2.17. The summed E-state index contributed by atoms with van der Waals surface area (Å²) in [5.74, 6) is -0.533. The molecule has 0 aliphatic heterocycles. The molecule has 1 amide bonds. The SMILES string of the molecule is CC[C@H](C)[C@H](N)C(=O)Nc1sc2c(c1C(=O)OC)CCC2. The molecule has 2 rings (SSSR count). The first-order valence-corrected chi connectivity index (χ1v) is 8.10. The van der Waals surface area contributed by atoms with Crippen LogP contribution in [-0.2, 0) is 22.4 Å². The summed E-state index contributed by atoms with van der Waals surface area (Å²) in [6, 6.07) is -0.572. The van der Waals surface area contributed by atoms with E-state index in [1.165, 1.54) is 23.3 Å². The Morgan fingerprint density at radius 3 is 2.76 bits per heavy atom. The molecule has 0 radical (unpaired) electrons. The Kier molecular flexibility index (Phi) is 5.00.